The van der Waals surface area contributed by atoms with Crippen molar-refractivity contribution in [3.05, 3.63) is 70.9 Å². The van der Waals surface area contributed by atoms with Crippen LogP contribution in [-0.2, 0) is 6.42 Å². The number of aromatic nitrogens is 2. The summed E-state index contributed by atoms with van der Waals surface area (Å²) in [6.45, 7) is 4.36. The van der Waals surface area contributed by atoms with Gasteiger partial charge in [-0.05, 0) is 36.1 Å². The van der Waals surface area contributed by atoms with E-state index in [0.717, 1.165) is 12.0 Å². The maximum absolute atomic E-state index is 11.6. The van der Waals surface area contributed by atoms with Gasteiger partial charge in [-0.25, -0.2) is 9.48 Å². The van der Waals surface area contributed by atoms with E-state index in [9.17, 15) is 9.90 Å². The molecular weight excluding hydrogens is 336 g/mol. The SMILES string of the molecule is CC(C)Cc1ccc(-c2cc(C(=O)O)n(-c3ccccc3Cl)n2)cc1. The van der Waals surface area contributed by atoms with Gasteiger partial charge in [0, 0.05) is 5.56 Å². The number of carboxylic acid groups (broad SMARTS) is 1. The third-order valence-corrected chi connectivity index (χ3v) is 4.22. The number of benzene rings is 2. The lowest BCUT2D eigenvalue weighted by atomic mass is 10.0. The second-order valence-corrected chi connectivity index (χ2v) is 6.79. The van der Waals surface area contributed by atoms with E-state index >= 15 is 0 Å². The lowest BCUT2D eigenvalue weighted by Gasteiger charge is -2.06. The zero-order valence-corrected chi connectivity index (χ0v) is 14.9. The standard InChI is InChI=1S/C20H19ClN2O2/c1-13(2)11-14-7-9-15(10-8-14)17-12-19(20(24)25)23(22-17)18-6-4-3-5-16(18)21/h3-10,12-13H,11H2,1-2H3,(H,24,25). The first-order valence-electron chi connectivity index (χ1n) is 8.13. The van der Waals surface area contributed by atoms with Crippen molar-refractivity contribution in [3.8, 4) is 16.9 Å². The van der Waals surface area contributed by atoms with Gasteiger partial charge in [-0.1, -0.05) is 61.8 Å². The number of para-hydroxylation sites is 1. The summed E-state index contributed by atoms with van der Waals surface area (Å²) in [4.78, 5) is 11.6. The van der Waals surface area contributed by atoms with Gasteiger partial charge < -0.3 is 5.11 Å². The van der Waals surface area contributed by atoms with Crippen molar-refractivity contribution in [2.45, 2.75) is 20.3 Å². The Balaban J connectivity index is 2.03. The van der Waals surface area contributed by atoms with Crippen molar-refractivity contribution in [1.82, 2.24) is 9.78 Å². The van der Waals surface area contributed by atoms with Gasteiger partial charge in [-0.3, -0.25) is 0 Å². The van der Waals surface area contributed by atoms with Crippen LogP contribution < -0.4 is 0 Å². The fourth-order valence-electron chi connectivity index (χ4n) is 2.76. The smallest absolute Gasteiger partial charge is 0.354 e. The Morgan fingerprint density at radius 3 is 2.44 bits per heavy atom. The van der Waals surface area contributed by atoms with Gasteiger partial charge in [-0.15, -0.1) is 0 Å². The van der Waals surface area contributed by atoms with Crippen molar-refractivity contribution in [2.75, 3.05) is 0 Å². The summed E-state index contributed by atoms with van der Waals surface area (Å²) in [5, 5.41) is 14.4. The van der Waals surface area contributed by atoms with Crippen LogP contribution in [0.25, 0.3) is 16.9 Å². The van der Waals surface area contributed by atoms with Crippen LogP contribution in [0.4, 0.5) is 0 Å². The maximum Gasteiger partial charge on any atom is 0.354 e. The molecule has 3 aromatic rings. The van der Waals surface area contributed by atoms with E-state index in [1.807, 2.05) is 12.1 Å². The minimum atomic E-state index is -1.05. The highest BCUT2D eigenvalue weighted by Gasteiger charge is 2.18. The summed E-state index contributed by atoms with van der Waals surface area (Å²) in [7, 11) is 0. The van der Waals surface area contributed by atoms with E-state index in [-0.39, 0.29) is 5.69 Å². The van der Waals surface area contributed by atoms with E-state index < -0.39 is 5.97 Å². The van der Waals surface area contributed by atoms with Crippen molar-refractivity contribution >= 4 is 17.6 Å². The Bertz CT molecular complexity index is 898. The monoisotopic (exact) mass is 354 g/mol. The Hall–Kier alpha value is -2.59. The maximum atomic E-state index is 11.6. The molecule has 0 radical (unpaired) electrons. The molecule has 0 aliphatic carbocycles. The Morgan fingerprint density at radius 1 is 1.16 bits per heavy atom. The molecule has 4 nitrogen and oxygen atoms in total. The summed E-state index contributed by atoms with van der Waals surface area (Å²) < 4.78 is 1.38. The number of halogens is 1. The molecule has 0 unspecified atom stereocenters. The normalized spacial score (nSPS) is 11.0. The molecule has 25 heavy (non-hydrogen) atoms. The molecule has 1 aromatic heterocycles. The van der Waals surface area contributed by atoms with Crippen LogP contribution in [0.1, 0.15) is 29.9 Å². The molecule has 0 atom stereocenters. The minimum Gasteiger partial charge on any atom is -0.477 e. The number of aromatic carboxylic acids is 1. The number of hydrogen-bond donors (Lipinski definition) is 1. The van der Waals surface area contributed by atoms with E-state index in [0.29, 0.717) is 22.3 Å². The number of nitrogens with zero attached hydrogens (tertiary/aromatic N) is 2. The highest BCUT2D eigenvalue weighted by atomic mass is 35.5. The van der Waals surface area contributed by atoms with Gasteiger partial charge >= 0.3 is 5.97 Å². The first-order valence-corrected chi connectivity index (χ1v) is 8.51. The second-order valence-electron chi connectivity index (χ2n) is 6.38. The Kier molecular flexibility index (Phi) is 4.91. The number of carbonyl (C=O) groups is 1. The molecule has 1 N–H and O–H groups in total. The quantitative estimate of drug-likeness (QED) is 0.694. The van der Waals surface area contributed by atoms with Crippen LogP contribution in [0, 0.1) is 5.92 Å². The summed E-state index contributed by atoms with van der Waals surface area (Å²) >= 11 is 6.21. The lowest BCUT2D eigenvalue weighted by Crippen LogP contribution is -2.08. The Labute approximate surface area is 151 Å². The average molecular weight is 355 g/mol. The molecule has 0 bridgehead atoms. The van der Waals surface area contributed by atoms with Crippen LogP contribution >= 0.6 is 11.6 Å². The Morgan fingerprint density at radius 2 is 1.84 bits per heavy atom. The van der Waals surface area contributed by atoms with Gasteiger partial charge in [0.05, 0.1) is 16.4 Å². The van der Waals surface area contributed by atoms with E-state index in [1.165, 1.54) is 10.2 Å². The topological polar surface area (TPSA) is 55.1 Å². The lowest BCUT2D eigenvalue weighted by molar-refractivity contribution is 0.0687. The molecule has 0 saturated heterocycles. The highest BCUT2D eigenvalue weighted by molar-refractivity contribution is 6.32. The highest BCUT2D eigenvalue weighted by Crippen LogP contribution is 2.26. The third-order valence-electron chi connectivity index (χ3n) is 3.90. The predicted molar refractivity (Wildman–Crippen MR) is 99.5 cm³/mol. The summed E-state index contributed by atoms with van der Waals surface area (Å²) in [6, 6.07) is 16.7. The van der Waals surface area contributed by atoms with Crippen LogP contribution in [0.5, 0.6) is 0 Å². The third kappa shape index (κ3) is 3.74. The van der Waals surface area contributed by atoms with Gasteiger partial charge in [-0.2, -0.15) is 5.10 Å². The van der Waals surface area contributed by atoms with Crippen molar-refractivity contribution in [2.24, 2.45) is 5.92 Å². The summed E-state index contributed by atoms with van der Waals surface area (Å²) in [5.41, 5.74) is 3.36. The zero-order chi connectivity index (χ0) is 18.0. The molecule has 0 aliphatic rings. The first-order chi connectivity index (χ1) is 12.0. The summed E-state index contributed by atoms with van der Waals surface area (Å²) in [6.07, 6.45) is 1.01. The van der Waals surface area contributed by atoms with Gasteiger partial charge in [0.25, 0.3) is 0 Å². The van der Waals surface area contributed by atoms with Crippen molar-refractivity contribution in [1.29, 1.82) is 0 Å². The fourth-order valence-corrected chi connectivity index (χ4v) is 2.98. The predicted octanol–water partition coefficient (Wildman–Crippen LogP) is 5.09. The van der Waals surface area contributed by atoms with Crippen LogP contribution in [0.2, 0.25) is 5.02 Å². The molecule has 2 aromatic carbocycles. The molecule has 0 saturated carbocycles. The number of hydrogen-bond acceptors (Lipinski definition) is 2. The largest absolute Gasteiger partial charge is 0.477 e. The molecule has 1 heterocycles. The molecule has 5 heteroatoms. The van der Waals surface area contributed by atoms with E-state index in [2.05, 4.69) is 31.1 Å². The number of rotatable bonds is 5. The van der Waals surface area contributed by atoms with Crippen molar-refractivity contribution in [3.63, 3.8) is 0 Å². The average Bonchev–Trinajstić information content (AvgIpc) is 3.01. The van der Waals surface area contributed by atoms with Crippen LogP contribution in [0.3, 0.4) is 0 Å². The molecular formula is C20H19ClN2O2. The molecule has 3 rings (SSSR count). The van der Waals surface area contributed by atoms with Gasteiger partial charge in [0.2, 0.25) is 0 Å². The molecule has 0 fully saturated rings. The second kappa shape index (κ2) is 7.11. The van der Waals surface area contributed by atoms with Crippen molar-refractivity contribution < 1.29 is 9.90 Å². The first kappa shape index (κ1) is 17.2. The van der Waals surface area contributed by atoms with E-state index in [1.54, 1.807) is 30.3 Å². The van der Waals surface area contributed by atoms with Gasteiger partial charge in [0.15, 0.2) is 5.69 Å². The molecule has 0 spiro atoms. The van der Waals surface area contributed by atoms with Crippen LogP contribution in [0.15, 0.2) is 54.6 Å². The summed E-state index contributed by atoms with van der Waals surface area (Å²) in [5.74, 6) is -0.459. The molecule has 0 amide bonds. The fraction of sp³-hybridized carbons (Fsp3) is 0.200. The van der Waals surface area contributed by atoms with Gasteiger partial charge in [0.1, 0.15) is 0 Å². The van der Waals surface area contributed by atoms with E-state index in [4.69, 9.17) is 11.6 Å². The molecule has 128 valence electrons. The molecule has 0 aliphatic heterocycles. The van der Waals surface area contributed by atoms with Crippen LogP contribution in [-0.4, -0.2) is 20.9 Å². The zero-order valence-electron chi connectivity index (χ0n) is 14.1. The minimum absolute atomic E-state index is 0.0781. The number of carboxylic acids is 1.